The normalized spacial score (nSPS) is 20.5. The average molecular weight is 419 g/mol. The highest BCUT2D eigenvalue weighted by molar-refractivity contribution is 5.92. The Morgan fingerprint density at radius 1 is 1.19 bits per heavy atom. The van der Waals surface area contributed by atoms with Crippen molar-refractivity contribution in [3.63, 3.8) is 0 Å². The van der Waals surface area contributed by atoms with Crippen molar-refractivity contribution in [3.8, 4) is 0 Å². The summed E-state index contributed by atoms with van der Waals surface area (Å²) in [4.78, 5) is 40.6. The van der Waals surface area contributed by atoms with Gasteiger partial charge in [-0.1, -0.05) is 6.92 Å². The van der Waals surface area contributed by atoms with Crippen LogP contribution in [0.2, 0.25) is 0 Å². The highest BCUT2D eigenvalue weighted by atomic mass is 16.1. The van der Waals surface area contributed by atoms with Crippen molar-refractivity contribution in [2.75, 3.05) is 25.0 Å². The third kappa shape index (κ3) is 3.67. The number of H-pyrrole nitrogens is 1. The van der Waals surface area contributed by atoms with E-state index in [9.17, 15) is 9.59 Å². The van der Waals surface area contributed by atoms with Crippen molar-refractivity contribution < 1.29 is 4.79 Å². The molecule has 2 unspecified atom stereocenters. The number of aromatic amines is 1. The van der Waals surface area contributed by atoms with Crippen molar-refractivity contribution in [3.05, 3.63) is 63.8 Å². The number of carbonyl (C=O) groups excluding carboxylic acids is 1. The molecule has 3 aromatic rings. The lowest BCUT2D eigenvalue weighted by Crippen LogP contribution is -2.46. The van der Waals surface area contributed by atoms with Crippen LogP contribution in [-0.2, 0) is 13.0 Å². The number of aryl methyl sites for hydroxylation is 1. The fourth-order valence-electron chi connectivity index (χ4n) is 4.55. The number of hydrogen-bond donors (Lipinski definition) is 2. The molecular weight excluding hydrogens is 392 g/mol. The Balaban J connectivity index is 1.27. The standard InChI is InChI=1S/C23H26N6O2/c1-3-15-9-18-19(27-22(15)30)8-14(11-25-18)13-28-6-7-29(21-10-20(21)28)16-4-5-17(26-12-16)23(31)24-2/h4-5,8-9,11-12,20-21H,3,6-7,10,13H2,1-2H3,(H,24,31)(H,27,30). The van der Waals surface area contributed by atoms with Gasteiger partial charge in [-0.2, -0.15) is 0 Å². The summed E-state index contributed by atoms with van der Waals surface area (Å²) in [5.41, 5.74) is 4.99. The van der Waals surface area contributed by atoms with Gasteiger partial charge >= 0.3 is 0 Å². The number of hydrogen-bond acceptors (Lipinski definition) is 6. The lowest BCUT2D eigenvalue weighted by Gasteiger charge is -2.35. The average Bonchev–Trinajstić information content (AvgIpc) is 3.60. The van der Waals surface area contributed by atoms with Gasteiger partial charge in [-0.05, 0) is 42.7 Å². The van der Waals surface area contributed by atoms with Gasteiger partial charge in [-0.25, -0.2) is 4.98 Å². The van der Waals surface area contributed by atoms with Crippen molar-refractivity contribution in [1.29, 1.82) is 0 Å². The molecule has 0 radical (unpaired) electrons. The molecule has 0 bridgehead atoms. The first-order valence-corrected chi connectivity index (χ1v) is 10.8. The van der Waals surface area contributed by atoms with Crippen LogP contribution in [0.15, 0.2) is 41.5 Å². The minimum atomic E-state index is -0.170. The summed E-state index contributed by atoms with van der Waals surface area (Å²) in [5.74, 6) is -0.170. The molecular formula is C23H26N6O2. The molecule has 2 fully saturated rings. The maximum atomic E-state index is 12.1. The van der Waals surface area contributed by atoms with Gasteiger partial charge in [0, 0.05) is 50.5 Å². The van der Waals surface area contributed by atoms with Gasteiger partial charge in [-0.15, -0.1) is 0 Å². The number of anilines is 1. The van der Waals surface area contributed by atoms with Crippen molar-refractivity contribution >= 4 is 22.6 Å². The number of nitrogens with one attached hydrogen (secondary N) is 2. The molecule has 4 heterocycles. The molecule has 1 amide bonds. The Morgan fingerprint density at radius 3 is 2.81 bits per heavy atom. The molecule has 2 aliphatic rings. The quantitative estimate of drug-likeness (QED) is 0.655. The molecule has 0 spiro atoms. The van der Waals surface area contributed by atoms with E-state index in [0.717, 1.165) is 53.9 Å². The fourth-order valence-corrected chi connectivity index (χ4v) is 4.55. The molecule has 1 aliphatic carbocycles. The van der Waals surface area contributed by atoms with E-state index in [0.29, 0.717) is 24.2 Å². The first-order chi connectivity index (χ1) is 15.1. The van der Waals surface area contributed by atoms with Gasteiger partial charge < -0.3 is 15.2 Å². The van der Waals surface area contributed by atoms with Crippen LogP contribution in [0.4, 0.5) is 5.69 Å². The van der Waals surface area contributed by atoms with E-state index < -0.39 is 0 Å². The Bertz CT molecular complexity index is 1190. The van der Waals surface area contributed by atoms with Gasteiger partial charge in [0.2, 0.25) is 0 Å². The maximum absolute atomic E-state index is 12.1. The van der Waals surface area contributed by atoms with E-state index in [1.165, 1.54) is 0 Å². The Morgan fingerprint density at radius 2 is 2.06 bits per heavy atom. The molecule has 1 aliphatic heterocycles. The zero-order valence-electron chi connectivity index (χ0n) is 17.8. The SMILES string of the molecule is CCc1cc2ncc(CN3CCN(c4ccc(C(=O)NC)nc4)C4CC43)cc2[nH]c1=O. The molecule has 31 heavy (non-hydrogen) atoms. The number of aromatic nitrogens is 3. The number of fused-ring (bicyclic) bond motifs is 2. The van der Waals surface area contributed by atoms with Gasteiger partial charge in [-0.3, -0.25) is 19.5 Å². The summed E-state index contributed by atoms with van der Waals surface area (Å²) < 4.78 is 0. The largest absolute Gasteiger partial charge is 0.364 e. The second-order valence-corrected chi connectivity index (χ2v) is 8.27. The summed E-state index contributed by atoms with van der Waals surface area (Å²) in [6.45, 7) is 4.66. The molecule has 1 saturated heterocycles. The van der Waals surface area contributed by atoms with Crippen LogP contribution in [0.5, 0.6) is 0 Å². The molecule has 2 atom stereocenters. The molecule has 5 rings (SSSR count). The predicted molar refractivity (Wildman–Crippen MR) is 119 cm³/mol. The number of piperazine rings is 1. The molecule has 2 N–H and O–H groups in total. The fraction of sp³-hybridized carbons (Fsp3) is 0.391. The van der Waals surface area contributed by atoms with Crippen LogP contribution < -0.4 is 15.8 Å². The molecule has 1 saturated carbocycles. The summed E-state index contributed by atoms with van der Waals surface area (Å²) in [6.07, 6.45) is 5.54. The van der Waals surface area contributed by atoms with Crippen LogP contribution in [0.3, 0.4) is 0 Å². The smallest absolute Gasteiger partial charge is 0.269 e. The van der Waals surface area contributed by atoms with Crippen LogP contribution in [-0.4, -0.2) is 58.0 Å². The number of amides is 1. The van der Waals surface area contributed by atoms with Crippen LogP contribution >= 0.6 is 0 Å². The van der Waals surface area contributed by atoms with Crippen LogP contribution in [0.25, 0.3) is 11.0 Å². The van der Waals surface area contributed by atoms with E-state index in [2.05, 4.69) is 30.1 Å². The third-order valence-corrected chi connectivity index (χ3v) is 6.35. The van der Waals surface area contributed by atoms with Crippen LogP contribution in [0, 0.1) is 0 Å². The summed E-state index contributed by atoms with van der Waals surface area (Å²) in [5, 5.41) is 2.60. The van der Waals surface area contributed by atoms with Gasteiger partial charge in [0.15, 0.2) is 0 Å². The highest BCUT2D eigenvalue weighted by Crippen LogP contribution is 2.40. The summed E-state index contributed by atoms with van der Waals surface area (Å²) >= 11 is 0. The van der Waals surface area contributed by atoms with E-state index in [4.69, 9.17) is 0 Å². The Labute approximate surface area is 180 Å². The van der Waals surface area contributed by atoms with Crippen molar-refractivity contribution in [2.45, 2.75) is 38.4 Å². The lowest BCUT2D eigenvalue weighted by molar-refractivity contribution is 0.0958. The van der Waals surface area contributed by atoms with Gasteiger partial charge in [0.1, 0.15) is 5.69 Å². The monoisotopic (exact) mass is 418 g/mol. The molecule has 0 aromatic carbocycles. The number of pyridine rings is 3. The first-order valence-electron chi connectivity index (χ1n) is 10.8. The minimum Gasteiger partial charge on any atom is -0.364 e. The highest BCUT2D eigenvalue weighted by Gasteiger charge is 2.48. The summed E-state index contributed by atoms with van der Waals surface area (Å²) in [6, 6.07) is 8.68. The second-order valence-electron chi connectivity index (χ2n) is 8.27. The third-order valence-electron chi connectivity index (χ3n) is 6.35. The topological polar surface area (TPSA) is 94.2 Å². The predicted octanol–water partition coefficient (Wildman–Crippen LogP) is 1.70. The zero-order valence-corrected chi connectivity index (χ0v) is 17.8. The van der Waals surface area contributed by atoms with E-state index >= 15 is 0 Å². The van der Waals surface area contributed by atoms with E-state index in [1.54, 1.807) is 19.3 Å². The first kappa shape index (κ1) is 19.7. The Kier molecular flexibility index (Phi) is 4.94. The van der Waals surface area contributed by atoms with Gasteiger partial charge in [0.25, 0.3) is 11.5 Å². The second kappa shape index (κ2) is 7.77. The number of rotatable bonds is 5. The Hall–Kier alpha value is -3.26. The van der Waals surface area contributed by atoms with Gasteiger partial charge in [0.05, 0.1) is 22.9 Å². The molecule has 8 nitrogen and oxygen atoms in total. The molecule has 3 aromatic heterocycles. The molecule has 160 valence electrons. The van der Waals surface area contributed by atoms with E-state index in [-0.39, 0.29) is 11.5 Å². The van der Waals surface area contributed by atoms with Crippen molar-refractivity contribution in [2.24, 2.45) is 0 Å². The van der Waals surface area contributed by atoms with Crippen LogP contribution in [0.1, 0.15) is 35.0 Å². The lowest BCUT2D eigenvalue weighted by atomic mass is 10.1. The zero-order chi connectivity index (χ0) is 21.5. The number of carbonyl (C=O) groups is 1. The van der Waals surface area contributed by atoms with Crippen molar-refractivity contribution in [1.82, 2.24) is 25.2 Å². The maximum Gasteiger partial charge on any atom is 0.269 e. The number of nitrogens with zero attached hydrogens (tertiary/aromatic N) is 4. The minimum absolute atomic E-state index is 0.0270. The summed E-state index contributed by atoms with van der Waals surface area (Å²) in [7, 11) is 1.61. The molecule has 8 heteroatoms. The van der Waals surface area contributed by atoms with E-state index in [1.807, 2.05) is 31.3 Å².